The van der Waals surface area contributed by atoms with Crippen molar-refractivity contribution in [3.05, 3.63) is 30.3 Å². The van der Waals surface area contributed by atoms with Gasteiger partial charge in [0.1, 0.15) is 0 Å². The molecule has 1 aromatic rings. The molecule has 2 atom stereocenters. The van der Waals surface area contributed by atoms with Crippen LogP contribution in [0.5, 0.6) is 0 Å². The number of ether oxygens (including phenoxy) is 1. The molecule has 0 bridgehead atoms. The number of hydrogen-bond donors (Lipinski definition) is 1. The van der Waals surface area contributed by atoms with Gasteiger partial charge in [-0.3, -0.25) is 0 Å². The van der Waals surface area contributed by atoms with E-state index in [1.807, 2.05) is 11.8 Å². The smallest absolute Gasteiger partial charge is 0.0623 e. The van der Waals surface area contributed by atoms with Gasteiger partial charge in [0.2, 0.25) is 0 Å². The molecule has 1 aliphatic carbocycles. The highest BCUT2D eigenvalue weighted by atomic mass is 32.2. The molecule has 1 saturated carbocycles. The summed E-state index contributed by atoms with van der Waals surface area (Å²) >= 11 is 2.00. The molecule has 3 rings (SSSR count). The van der Waals surface area contributed by atoms with E-state index in [0.717, 1.165) is 13.2 Å². The van der Waals surface area contributed by atoms with E-state index < -0.39 is 0 Å². The zero-order valence-corrected chi connectivity index (χ0v) is 12.9. The number of benzene rings is 1. The molecule has 1 aromatic carbocycles. The van der Waals surface area contributed by atoms with Crippen molar-refractivity contribution in [3.63, 3.8) is 0 Å². The van der Waals surface area contributed by atoms with Crippen LogP contribution in [0, 0.1) is 0 Å². The maximum Gasteiger partial charge on any atom is 0.0623 e. The molecule has 2 nitrogen and oxygen atoms in total. The highest BCUT2D eigenvalue weighted by molar-refractivity contribution is 8.00. The molecular weight excluding hydrogens is 266 g/mol. The van der Waals surface area contributed by atoms with E-state index in [-0.39, 0.29) is 0 Å². The van der Waals surface area contributed by atoms with E-state index in [9.17, 15) is 0 Å². The first-order valence-corrected chi connectivity index (χ1v) is 8.85. The van der Waals surface area contributed by atoms with Gasteiger partial charge in [-0.05, 0) is 31.4 Å². The van der Waals surface area contributed by atoms with Gasteiger partial charge in [-0.25, -0.2) is 0 Å². The second-order valence-electron chi connectivity index (χ2n) is 5.99. The molecule has 0 aromatic heterocycles. The van der Waals surface area contributed by atoms with E-state index in [4.69, 9.17) is 4.74 Å². The molecular formula is C17H25NOS. The van der Waals surface area contributed by atoms with E-state index in [1.54, 1.807) is 0 Å². The van der Waals surface area contributed by atoms with E-state index in [1.165, 1.54) is 43.4 Å². The van der Waals surface area contributed by atoms with Crippen molar-refractivity contribution < 1.29 is 4.74 Å². The minimum atomic E-state index is 0.534. The van der Waals surface area contributed by atoms with Crippen molar-refractivity contribution in [2.75, 3.05) is 13.2 Å². The molecule has 110 valence electrons. The summed E-state index contributed by atoms with van der Waals surface area (Å²) in [5, 5.41) is 4.31. The maximum absolute atomic E-state index is 6.09. The van der Waals surface area contributed by atoms with Crippen molar-refractivity contribution in [2.24, 2.45) is 0 Å². The highest BCUT2D eigenvalue weighted by Gasteiger charge is 2.26. The Kier molecular flexibility index (Phi) is 5.40. The van der Waals surface area contributed by atoms with Crippen LogP contribution in [0.1, 0.15) is 38.5 Å². The van der Waals surface area contributed by atoms with Gasteiger partial charge in [0, 0.05) is 22.7 Å². The zero-order valence-electron chi connectivity index (χ0n) is 12.1. The van der Waals surface area contributed by atoms with Gasteiger partial charge < -0.3 is 10.1 Å². The molecule has 2 aliphatic rings. The van der Waals surface area contributed by atoms with Gasteiger partial charge in [0.25, 0.3) is 0 Å². The van der Waals surface area contributed by atoms with Crippen LogP contribution in [0.4, 0.5) is 0 Å². The van der Waals surface area contributed by atoms with Crippen LogP contribution in [-0.4, -0.2) is 30.5 Å². The summed E-state index contributed by atoms with van der Waals surface area (Å²) in [5.41, 5.74) is 0. The van der Waals surface area contributed by atoms with Gasteiger partial charge in [-0.1, -0.05) is 37.5 Å². The summed E-state index contributed by atoms with van der Waals surface area (Å²) in [6.07, 6.45) is 8.42. The lowest BCUT2D eigenvalue weighted by Crippen LogP contribution is -2.30. The van der Waals surface area contributed by atoms with Gasteiger partial charge >= 0.3 is 0 Å². The first-order valence-electron chi connectivity index (χ1n) is 7.97. The summed E-state index contributed by atoms with van der Waals surface area (Å²) in [6.45, 7) is 2.01. The quantitative estimate of drug-likeness (QED) is 0.890. The minimum Gasteiger partial charge on any atom is -0.377 e. The lowest BCUT2D eigenvalue weighted by atomic mass is 9.98. The van der Waals surface area contributed by atoms with Crippen molar-refractivity contribution in [3.8, 4) is 0 Å². The average Bonchev–Trinajstić information content (AvgIpc) is 2.95. The Morgan fingerprint density at radius 3 is 2.70 bits per heavy atom. The van der Waals surface area contributed by atoms with Gasteiger partial charge in [-0.15, -0.1) is 11.8 Å². The first kappa shape index (κ1) is 14.4. The zero-order chi connectivity index (χ0) is 13.6. The number of hydrogen-bond acceptors (Lipinski definition) is 3. The second kappa shape index (κ2) is 7.48. The highest BCUT2D eigenvalue weighted by Crippen LogP contribution is 2.29. The average molecular weight is 291 g/mol. The van der Waals surface area contributed by atoms with E-state index >= 15 is 0 Å². The van der Waals surface area contributed by atoms with Gasteiger partial charge in [-0.2, -0.15) is 0 Å². The van der Waals surface area contributed by atoms with Crippen LogP contribution in [0.25, 0.3) is 0 Å². The third kappa shape index (κ3) is 4.24. The third-order valence-corrected chi connectivity index (χ3v) is 5.55. The third-order valence-electron chi connectivity index (χ3n) is 4.31. The van der Waals surface area contributed by atoms with Crippen LogP contribution in [-0.2, 0) is 4.74 Å². The fraction of sp³-hybridized carbons (Fsp3) is 0.647. The summed E-state index contributed by atoms with van der Waals surface area (Å²) in [5.74, 6) is 0. The predicted molar refractivity (Wildman–Crippen MR) is 85.3 cm³/mol. The van der Waals surface area contributed by atoms with Crippen LogP contribution in [0.15, 0.2) is 35.2 Å². The first-order chi connectivity index (χ1) is 9.90. The van der Waals surface area contributed by atoms with Crippen molar-refractivity contribution >= 4 is 11.8 Å². The fourth-order valence-corrected chi connectivity index (χ4v) is 4.38. The molecule has 0 spiro atoms. The summed E-state index contributed by atoms with van der Waals surface area (Å²) in [4.78, 5) is 1.38. The molecule has 0 amide bonds. The number of rotatable bonds is 5. The van der Waals surface area contributed by atoms with E-state index in [2.05, 4.69) is 35.6 Å². The molecule has 1 aliphatic heterocycles. The SMILES string of the molecule is c1ccc(SC2CNC(COC3CCCCC3)C2)cc1. The van der Waals surface area contributed by atoms with Crippen molar-refractivity contribution in [1.82, 2.24) is 5.32 Å². The molecule has 1 saturated heterocycles. The molecule has 1 N–H and O–H groups in total. The van der Waals surface area contributed by atoms with Crippen molar-refractivity contribution in [1.29, 1.82) is 0 Å². The van der Waals surface area contributed by atoms with Crippen LogP contribution in [0.3, 0.4) is 0 Å². The maximum atomic E-state index is 6.09. The Labute approximate surface area is 126 Å². The molecule has 2 fully saturated rings. The standard InChI is InChI=1S/C17H25NOS/c1-3-7-15(8-4-1)19-13-14-11-17(12-18-14)20-16-9-5-2-6-10-16/h2,5-6,9-10,14-15,17-18H,1,3-4,7-8,11-13H2. The molecule has 20 heavy (non-hydrogen) atoms. The Morgan fingerprint density at radius 1 is 1.10 bits per heavy atom. The normalized spacial score (nSPS) is 27.8. The molecule has 3 heteroatoms. The van der Waals surface area contributed by atoms with E-state index in [0.29, 0.717) is 17.4 Å². The van der Waals surface area contributed by atoms with Crippen LogP contribution in [0.2, 0.25) is 0 Å². The topological polar surface area (TPSA) is 21.3 Å². The second-order valence-corrected chi connectivity index (χ2v) is 7.36. The Bertz CT molecular complexity index is 391. The molecule has 0 radical (unpaired) electrons. The van der Waals surface area contributed by atoms with Crippen LogP contribution < -0.4 is 5.32 Å². The lowest BCUT2D eigenvalue weighted by molar-refractivity contribution is 0.0184. The number of thioether (sulfide) groups is 1. The lowest BCUT2D eigenvalue weighted by Gasteiger charge is -2.23. The fourth-order valence-electron chi connectivity index (χ4n) is 3.17. The van der Waals surface area contributed by atoms with Crippen LogP contribution >= 0.6 is 11.8 Å². The monoisotopic (exact) mass is 291 g/mol. The molecule has 1 heterocycles. The number of nitrogens with one attached hydrogen (secondary N) is 1. The Balaban J connectivity index is 1.38. The summed E-state index contributed by atoms with van der Waals surface area (Å²) in [7, 11) is 0. The van der Waals surface area contributed by atoms with Gasteiger partial charge in [0.05, 0.1) is 12.7 Å². The predicted octanol–water partition coefficient (Wildman–Crippen LogP) is 3.86. The largest absolute Gasteiger partial charge is 0.377 e. The Morgan fingerprint density at radius 2 is 1.90 bits per heavy atom. The van der Waals surface area contributed by atoms with Crippen molar-refractivity contribution in [2.45, 2.75) is 60.8 Å². The summed E-state index contributed by atoms with van der Waals surface area (Å²) < 4.78 is 6.09. The Hall–Kier alpha value is -0.510. The van der Waals surface area contributed by atoms with Gasteiger partial charge in [0.15, 0.2) is 0 Å². The molecule has 2 unspecified atom stereocenters. The summed E-state index contributed by atoms with van der Waals surface area (Å²) in [6, 6.07) is 11.3. The minimum absolute atomic E-state index is 0.534.